The minimum absolute atomic E-state index is 0.0373. The van der Waals surface area contributed by atoms with E-state index in [0.717, 1.165) is 25.3 Å². The van der Waals surface area contributed by atoms with Crippen LogP contribution in [0.2, 0.25) is 5.02 Å². The fourth-order valence-corrected chi connectivity index (χ4v) is 3.78. The second-order valence-corrected chi connectivity index (χ2v) is 7.76. The zero-order valence-corrected chi connectivity index (χ0v) is 17.2. The number of rotatable bonds is 5. The van der Waals surface area contributed by atoms with Gasteiger partial charge in [-0.05, 0) is 75.6 Å². The van der Waals surface area contributed by atoms with Crippen LogP contribution in [0.1, 0.15) is 43.5 Å². The number of nitrogens with zero attached hydrogens (tertiary/aromatic N) is 1. The number of likely N-dealkylation sites (tertiary alicyclic amines) is 1. The minimum Gasteiger partial charge on any atom is -0.484 e. The molecule has 0 saturated carbocycles. The number of amides is 2. The molecule has 2 aromatic carbocycles. The van der Waals surface area contributed by atoms with Crippen LogP contribution in [0.3, 0.4) is 0 Å². The van der Waals surface area contributed by atoms with Crippen molar-refractivity contribution in [3.05, 3.63) is 58.9 Å². The average molecular weight is 419 g/mol. The number of benzene rings is 2. The second-order valence-electron chi connectivity index (χ2n) is 7.32. The van der Waals surface area contributed by atoms with Crippen molar-refractivity contribution in [2.75, 3.05) is 11.9 Å². The Morgan fingerprint density at radius 2 is 1.79 bits per heavy atom. The maximum Gasteiger partial charge on any atom is 0.260 e. The van der Waals surface area contributed by atoms with E-state index in [9.17, 15) is 14.0 Å². The quantitative estimate of drug-likeness (QED) is 0.751. The molecule has 1 heterocycles. The van der Waals surface area contributed by atoms with E-state index in [-0.39, 0.29) is 35.3 Å². The number of carbonyl (C=O) groups excluding carboxylic acids is 2. The molecule has 3 rings (SSSR count). The summed E-state index contributed by atoms with van der Waals surface area (Å²) >= 11 is 5.71. The van der Waals surface area contributed by atoms with E-state index < -0.39 is 11.7 Å². The van der Waals surface area contributed by atoms with Gasteiger partial charge >= 0.3 is 0 Å². The van der Waals surface area contributed by atoms with Crippen LogP contribution >= 0.6 is 11.6 Å². The molecule has 29 heavy (non-hydrogen) atoms. The summed E-state index contributed by atoms with van der Waals surface area (Å²) in [5.41, 5.74) is 0.395. The first-order valence-electron chi connectivity index (χ1n) is 9.65. The lowest BCUT2D eigenvalue weighted by atomic mass is 9.97. The fraction of sp³-hybridized carbons (Fsp3) is 0.364. The zero-order chi connectivity index (χ0) is 21.0. The van der Waals surface area contributed by atoms with Gasteiger partial charge in [-0.25, -0.2) is 4.39 Å². The van der Waals surface area contributed by atoms with E-state index in [0.29, 0.717) is 11.3 Å². The Morgan fingerprint density at radius 1 is 1.14 bits per heavy atom. The molecule has 1 N–H and O–H groups in total. The van der Waals surface area contributed by atoms with Crippen LogP contribution in [-0.2, 0) is 4.79 Å². The minimum atomic E-state index is -0.606. The number of halogens is 2. The maximum atomic E-state index is 13.8. The van der Waals surface area contributed by atoms with Crippen molar-refractivity contribution in [1.82, 2.24) is 4.90 Å². The molecule has 0 aromatic heterocycles. The number of piperidine rings is 1. The van der Waals surface area contributed by atoms with Gasteiger partial charge in [0.15, 0.2) is 6.61 Å². The van der Waals surface area contributed by atoms with Crippen LogP contribution in [0.4, 0.5) is 10.1 Å². The molecule has 1 fully saturated rings. The molecular formula is C22H24ClFN2O3. The van der Waals surface area contributed by atoms with Gasteiger partial charge in [-0.1, -0.05) is 11.6 Å². The van der Waals surface area contributed by atoms with Crippen LogP contribution in [0, 0.1) is 5.82 Å². The molecule has 0 radical (unpaired) electrons. The number of nitrogens with one attached hydrogen (secondary N) is 1. The molecule has 1 aliphatic rings. The number of anilines is 1. The Balaban J connectivity index is 1.57. The molecule has 0 spiro atoms. The van der Waals surface area contributed by atoms with E-state index in [1.165, 1.54) is 12.1 Å². The summed E-state index contributed by atoms with van der Waals surface area (Å²) in [7, 11) is 0. The van der Waals surface area contributed by atoms with Gasteiger partial charge < -0.3 is 15.0 Å². The molecule has 2 unspecified atom stereocenters. The highest BCUT2D eigenvalue weighted by molar-refractivity contribution is 6.30. The van der Waals surface area contributed by atoms with Crippen LogP contribution in [0.25, 0.3) is 0 Å². The van der Waals surface area contributed by atoms with Crippen molar-refractivity contribution < 1.29 is 18.7 Å². The van der Waals surface area contributed by atoms with Crippen molar-refractivity contribution in [2.24, 2.45) is 0 Å². The van der Waals surface area contributed by atoms with Crippen LogP contribution in [-0.4, -0.2) is 35.4 Å². The standard InChI is InChI=1S/C22H24ClFN2O3/c1-14-4-3-5-15(2)26(14)21(27)13-29-18-9-6-16(7-10-18)22(28)25-20-11-8-17(23)12-19(20)24/h6-12,14-15H,3-5,13H2,1-2H3,(H,25,28). The molecule has 1 aliphatic heterocycles. The Kier molecular flexibility index (Phi) is 6.75. The Morgan fingerprint density at radius 3 is 2.41 bits per heavy atom. The third-order valence-corrected chi connectivity index (χ3v) is 5.37. The lowest BCUT2D eigenvalue weighted by Gasteiger charge is -2.38. The zero-order valence-electron chi connectivity index (χ0n) is 16.5. The van der Waals surface area contributed by atoms with Gasteiger partial charge in [-0.15, -0.1) is 0 Å². The van der Waals surface area contributed by atoms with Gasteiger partial charge in [0.2, 0.25) is 0 Å². The summed E-state index contributed by atoms with van der Waals surface area (Å²) < 4.78 is 19.4. The SMILES string of the molecule is CC1CCCC(C)N1C(=O)COc1ccc(C(=O)Nc2ccc(Cl)cc2F)cc1. The van der Waals surface area contributed by atoms with E-state index in [1.54, 1.807) is 24.3 Å². The summed E-state index contributed by atoms with van der Waals surface area (Å²) in [5, 5.41) is 2.76. The summed E-state index contributed by atoms with van der Waals surface area (Å²) in [6, 6.07) is 10.8. The summed E-state index contributed by atoms with van der Waals surface area (Å²) in [4.78, 5) is 26.7. The van der Waals surface area contributed by atoms with Gasteiger partial charge in [0.1, 0.15) is 11.6 Å². The first kappa shape index (κ1) is 21.1. The van der Waals surface area contributed by atoms with Gasteiger partial charge in [0.05, 0.1) is 5.69 Å². The van der Waals surface area contributed by atoms with Gasteiger partial charge in [-0.2, -0.15) is 0 Å². The molecule has 2 amide bonds. The third kappa shape index (κ3) is 5.26. The van der Waals surface area contributed by atoms with Crippen LogP contribution in [0.15, 0.2) is 42.5 Å². The van der Waals surface area contributed by atoms with Gasteiger partial charge in [-0.3, -0.25) is 9.59 Å². The molecule has 2 aromatic rings. The number of hydrogen-bond acceptors (Lipinski definition) is 3. The highest BCUT2D eigenvalue weighted by atomic mass is 35.5. The second kappa shape index (κ2) is 9.27. The average Bonchev–Trinajstić information content (AvgIpc) is 2.68. The lowest BCUT2D eigenvalue weighted by molar-refractivity contribution is -0.139. The molecule has 0 bridgehead atoms. The Labute approximate surface area is 174 Å². The number of hydrogen-bond donors (Lipinski definition) is 1. The fourth-order valence-electron chi connectivity index (χ4n) is 3.62. The third-order valence-electron chi connectivity index (χ3n) is 5.14. The molecule has 2 atom stereocenters. The van der Waals surface area contributed by atoms with Gasteiger partial charge in [0, 0.05) is 22.7 Å². The molecular weight excluding hydrogens is 395 g/mol. The highest BCUT2D eigenvalue weighted by Gasteiger charge is 2.28. The van der Waals surface area contributed by atoms with Crippen molar-refractivity contribution >= 4 is 29.1 Å². The first-order chi connectivity index (χ1) is 13.8. The number of carbonyl (C=O) groups is 2. The monoisotopic (exact) mass is 418 g/mol. The molecule has 154 valence electrons. The van der Waals surface area contributed by atoms with Crippen molar-refractivity contribution in [2.45, 2.75) is 45.2 Å². The highest BCUT2D eigenvalue weighted by Crippen LogP contribution is 2.23. The van der Waals surface area contributed by atoms with Crippen molar-refractivity contribution in [3.8, 4) is 5.75 Å². The summed E-state index contributed by atoms with van der Waals surface area (Å²) in [6.07, 6.45) is 3.15. The van der Waals surface area contributed by atoms with Crippen molar-refractivity contribution in [1.29, 1.82) is 0 Å². The normalized spacial score (nSPS) is 19.0. The maximum absolute atomic E-state index is 13.8. The summed E-state index contributed by atoms with van der Waals surface area (Å²) in [6.45, 7) is 4.07. The lowest BCUT2D eigenvalue weighted by Crippen LogP contribution is -2.49. The predicted octanol–water partition coefficient (Wildman–Crippen LogP) is 4.90. The molecule has 7 heteroatoms. The smallest absolute Gasteiger partial charge is 0.260 e. The largest absolute Gasteiger partial charge is 0.484 e. The van der Waals surface area contributed by atoms with E-state index in [2.05, 4.69) is 19.2 Å². The van der Waals surface area contributed by atoms with Crippen LogP contribution < -0.4 is 10.1 Å². The Bertz CT molecular complexity index is 878. The van der Waals surface area contributed by atoms with Gasteiger partial charge in [0.25, 0.3) is 11.8 Å². The summed E-state index contributed by atoms with van der Waals surface area (Å²) in [5.74, 6) is -0.607. The van der Waals surface area contributed by atoms with E-state index in [1.807, 2.05) is 4.90 Å². The predicted molar refractivity (Wildman–Crippen MR) is 111 cm³/mol. The van der Waals surface area contributed by atoms with E-state index >= 15 is 0 Å². The molecule has 0 aliphatic carbocycles. The first-order valence-corrected chi connectivity index (χ1v) is 10.0. The Hall–Kier alpha value is -2.60. The number of ether oxygens (including phenoxy) is 1. The van der Waals surface area contributed by atoms with Crippen molar-refractivity contribution in [3.63, 3.8) is 0 Å². The molecule has 1 saturated heterocycles. The molecule has 5 nitrogen and oxygen atoms in total. The van der Waals surface area contributed by atoms with Crippen LogP contribution in [0.5, 0.6) is 5.75 Å². The topological polar surface area (TPSA) is 58.6 Å². The van der Waals surface area contributed by atoms with E-state index in [4.69, 9.17) is 16.3 Å².